The van der Waals surface area contributed by atoms with E-state index in [1.165, 1.54) is 0 Å². The second-order valence-corrected chi connectivity index (χ2v) is 5.88. The van der Waals surface area contributed by atoms with Gasteiger partial charge in [-0.1, -0.05) is 0 Å². The first-order chi connectivity index (χ1) is 10.2. The molecule has 1 aromatic carbocycles. The number of benzene rings is 1. The molecule has 5 nitrogen and oxygen atoms in total. The zero-order chi connectivity index (χ0) is 14.8. The van der Waals surface area contributed by atoms with Crippen LogP contribution in [0.3, 0.4) is 0 Å². The summed E-state index contributed by atoms with van der Waals surface area (Å²) in [6.45, 7) is 5.46. The molecule has 0 spiro atoms. The third-order valence-corrected chi connectivity index (χ3v) is 4.66. The molecule has 0 aliphatic carbocycles. The Morgan fingerprint density at radius 1 is 1.00 bits per heavy atom. The van der Waals surface area contributed by atoms with Gasteiger partial charge in [-0.2, -0.15) is 0 Å². The number of fused-ring (bicyclic) bond motifs is 1. The van der Waals surface area contributed by atoms with Gasteiger partial charge in [-0.3, -0.25) is 4.90 Å². The normalized spacial score (nSPS) is 24.9. The van der Waals surface area contributed by atoms with Crippen molar-refractivity contribution in [2.24, 2.45) is 11.8 Å². The van der Waals surface area contributed by atoms with Gasteiger partial charge >= 0.3 is 0 Å². The summed E-state index contributed by atoms with van der Waals surface area (Å²) in [4.78, 5) is 2.50. The largest absolute Gasteiger partial charge is 0.496 e. The van der Waals surface area contributed by atoms with E-state index in [9.17, 15) is 0 Å². The van der Waals surface area contributed by atoms with E-state index in [0.29, 0.717) is 0 Å². The topological polar surface area (TPSA) is 43.0 Å². The first-order valence-electron chi connectivity index (χ1n) is 7.47. The molecule has 21 heavy (non-hydrogen) atoms. The van der Waals surface area contributed by atoms with Crippen molar-refractivity contribution < 1.29 is 14.2 Å². The number of nitrogens with zero attached hydrogens (tertiary/aromatic N) is 1. The maximum atomic E-state index is 5.54. The van der Waals surface area contributed by atoms with Gasteiger partial charge in [-0.05, 0) is 24.9 Å². The summed E-state index contributed by atoms with van der Waals surface area (Å²) < 4.78 is 16.4. The van der Waals surface area contributed by atoms with Crippen LogP contribution >= 0.6 is 0 Å². The molecule has 0 unspecified atom stereocenters. The molecule has 2 saturated heterocycles. The van der Waals surface area contributed by atoms with E-state index in [1.807, 2.05) is 12.1 Å². The van der Waals surface area contributed by atoms with E-state index < -0.39 is 0 Å². The first-order valence-corrected chi connectivity index (χ1v) is 7.47. The molecule has 0 amide bonds. The van der Waals surface area contributed by atoms with Gasteiger partial charge in [0.25, 0.3) is 0 Å². The highest BCUT2D eigenvalue weighted by molar-refractivity contribution is 5.50. The molecule has 116 valence electrons. The molecule has 1 N–H and O–H groups in total. The molecule has 2 atom stereocenters. The summed E-state index contributed by atoms with van der Waals surface area (Å²) >= 11 is 0. The fourth-order valence-electron chi connectivity index (χ4n) is 3.54. The summed E-state index contributed by atoms with van der Waals surface area (Å²) in [6.07, 6.45) is 0. The zero-order valence-corrected chi connectivity index (χ0v) is 13.0. The highest BCUT2D eigenvalue weighted by atomic mass is 16.5. The second kappa shape index (κ2) is 6.12. The van der Waals surface area contributed by atoms with Gasteiger partial charge < -0.3 is 19.5 Å². The van der Waals surface area contributed by atoms with E-state index in [1.54, 1.807) is 21.3 Å². The van der Waals surface area contributed by atoms with Gasteiger partial charge in [0.2, 0.25) is 0 Å². The van der Waals surface area contributed by atoms with Crippen molar-refractivity contribution >= 4 is 0 Å². The third-order valence-electron chi connectivity index (χ3n) is 4.66. The van der Waals surface area contributed by atoms with Crippen molar-refractivity contribution in [2.75, 3.05) is 47.5 Å². The van der Waals surface area contributed by atoms with Gasteiger partial charge in [0, 0.05) is 31.8 Å². The van der Waals surface area contributed by atoms with Crippen molar-refractivity contribution in [1.82, 2.24) is 10.2 Å². The molecule has 5 heteroatoms. The van der Waals surface area contributed by atoms with Gasteiger partial charge in [-0.15, -0.1) is 0 Å². The summed E-state index contributed by atoms with van der Waals surface area (Å²) in [6, 6.07) is 3.85. The van der Waals surface area contributed by atoms with Gasteiger partial charge in [0.15, 0.2) is 0 Å². The average molecular weight is 292 g/mol. The fourth-order valence-corrected chi connectivity index (χ4v) is 3.54. The van der Waals surface area contributed by atoms with Gasteiger partial charge in [0.1, 0.15) is 17.2 Å². The Bertz CT molecular complexity index is 469. The van der Waals surface area contributed by atoms with Gasteiger partial charge in [0.05, 0.1) is 26.9 Å². The number of likely N-dealkylation sites (tertiary alicyclic amines) is 1. The number of rotatable bonds is 5. The molecule has 0 radical (unpaired) electrons. The molecule has 2 aliphatic rings. The average Bonchev–Trinajstić information content (AvgIpc) is 3.08. The standard InChI is InChI=1S/C16H24N2O3/c1-19-13-4-15(20-2)14(16(5-13)21-3)10-18-8-11-6-17-7-12(11)9-18/h4-5,11-12,17H,6-10H2,1-3H3/t11-,12+. The number of methoxy groups -OCH3 is 3. The summed E-state index contributed by atoms with van der Waals surface area (Å²) in [5.74, 6) is 4.01. The summed E-state index contributed by atoms with van der Waals surface area (Å²) in [5, 5.41) is 3.48. The van der Waals surface area contributed by atoms with Crippen LogP contribution in [-0.2, 0) is 6.54 Å². The Morgan fingerprint density at radius 2 is 1.57 bits per heavy atom. The Labute approximate surface area is 126 Å². The fraction of sp³-hybridized carbons (Fsp3) is 0.625. The lowest BCUT2D eigenvalue weighted by molar-refractivity contribution is 0.288. The number of nitrogens with one attached hydrogen (secondary N) is 1. The van der Waals surface area contributed by atoms with E-state index in [-0.39, 0.29) is 0 Å². The SMILES string of the molecule is COc1cc(OC)c(CN2C[C@H]3CNC[C@H]3C2)c(OC)c1. The molecule has 3 rings (SSSR count). The quantitative estimate of drug-likeness (QED) is 0.888. The van der Waals surface area contributed by atoms with E-state index in [2.05, 4.69) is 10.2 Å². The van der Waals surface area contributed by atoms with E-state index in [4.69, 9.17) is 14.2 Å². The highest BCUT2D eigenvalue weighted by Crippen LogP contribution is 2.36. The molecule has 2 heterocycles. The second-order valence-electron chi connectivity index (χ2n) is 5.88. The lowest BCUT2D eigenvalue weighted by Gasteiger charge is -2.21. The molecule has 2 aliphatic heterocycles. The zero-order valence-electron chi connectivity index (χ0n) is 13.0. The lowest BCUT2D eigenvalue weighted by Crippen LogP contribution is -2.25. The molecule has 0 bridgehead atoms. The van der Waals surface area contributed by atoms with Crippen LogP contribution < -0.4 is 19.5 Å². The maximum Gasteiger partial charge on any atom is 0.130 e. The molecule has 1 aromatic rings. The molecule has 0 saturated carbocycles. The van der Waals surface area contributed by atoms with Gasteiger partial charge in [-0.25, -0.2) is 0 Å². The predicted octanol–water partition coefficient (Wildman–Crippen LogP) is 1.36. The van der Waals surface area contributed by atoms with Crippen molar-refractivity contribution in [3.05, 3.63) is 17.7 Å². The smallest absolute Gasteiger partial charge is 0.130 e. The Morgan fingerprint density at radius 3 is 2.05 bits per heavy atom. The van der Waals surface area contributed by atoms with Crippen molar-refractivity contribution in [2.45, 2.75) is 6.54 Å². The van der Waals surface area contributed by atoms with Crippen LogP contribution in [0.1, 0.15) is 5.56 Å². The van der Waals surface area contributed by atoms with Crippen LogP contribution in [0.5, 0.6) is 17.2 Å². The Kier molecular flexibility index (Phi) is 4.22. The van der Waals surface area contributed by atoms with Crippen molar-refractivity contribution in [3.8, 4) is 17.2 Å². The van der Waals surface area contributed by atoms with E-state index >= 15 is 0 Å². The van der Waals surface area contributed by atoms with Crippen molar-refractivity contribution in [1.29, 1.82) is 0 Å². The summed E-state index contributed by atoms with van der Waals surface area (Å²) in [7, 11) is 5.04. The van der Waals surface area contributed by atoms with Crippen LogP contribution in [0, 0.1) is 11.8 Å². The predicted molar refractivity (Wildman–Crippen MR) is 81.2 cm³/mol. The third kappa shape index (κ3) is 2.80. The van der Waals surface area contributed by atoms with Crippen molar-refractivity contribution in [3.63, 3.8) is 0 Å². The number of hydrogen-bond acceptors (Lipinski definition) is 5. The molecular formula is C16H24N2O3. The monoisotopic (exact) mass is 292 g/mol. The Balaban J connectivity index is 1.80. The van der Waals surface area contributed by atoms with Crippen LogP contribution in [-0.4, -0.2) is 52.4 Å². The van der Waals surface area contributed by atoms with Crippen LogP contribution in [0.4, 0.5) is 0 Å². The van der Waals surface area contributed by atoms with E-state index in [0.717, 1.165) is 67.4 Å². The summed E-state index contributed by atoms with van der Waals surface area (Å²) in [5.41, 5.74) is 1.11. The highest BCUT2D eigenvalue weighted by Gasteiger charge is 2.36. The number of ether oxygens (including phenoxy) is 3. The molecular weight excluding hydrogens is 268 g/mol. The lowest BCUT2D eigenvalue weighted by atomic mass is 10.0. The first kappa shape index (κ1) is 14.5. The maximum absolute atomic E-state index is 5.54. The minimum Gasteiger partial charge on any atom is -0.496 e. The minimum absolute atomic E-state index is 0.759. The van der Waals surface area contributed by atoms with Crippen LogP contribution in [0.15, 0.2) is 12.1 Å². The Hall–Kier alpha value is -1.46. The minimum atomic E-state index is 0.759. The molecule has 2 fully saturated rings. The number of hydrogen-bond donors (Lipinski definition) is 1. The molecule has 0 aromatic heterocycles. The van der Waals surface area contributed by atoms with Crippen LogP contribution in [0.2, 0.25) is 0 Å². The van der Waals surface area contributed by atoms with Crippen LogP contribution in [0.25, 0.3) is 0 Å².